The number of hydrogen-bond donors (Lipinski definition) is 1. The molecule has 2 aromatic heterocycles. The van der Waals surface area contributed by atoms with E-state index in [2.05, 4.69) is 12.2 Å². The maximum atomic E-state index is 12.6. The van der Waals surface area contributed by atoms with Crippen molar-refractivity contribution in [1.82, 2.24) is 9.97 Å². The number of nitrogens with one attached hydrogen (secondary N) is 1. The lowest BCUT2D eigenvalue weighted by molar-refractivity contribution is -0.113. The minimum Gasteiger partial charge on any atom is -0.325 e. The number of benzene rings is 1. The van der Waals surface area contributed by atoms with Crippen LogP contribution in [0, 0.1) is 12.8 Å². The molecule has 150 valence electrons. The Hall–Kier alpha value is -1.92. The molecule has 4 nitrogen and oxygen atoms in total. The highest BCUT2D eigenvalue weighted by Crippen LogP contribution is 2.44. The van der Waals surface area contributed by atoms with Gasteiger partial charge in [0, 0.05) is 21.9 Å². The van der Waals surface area contributed by atoms with Crippen molar-refractivity contribution in [3.63, 3.8) is 0 Å². The summed E-state index contributed by atoms with van der Waals surface area (Å²) in [6, 6.07) is 7.89. The van der Waals surface area contributed by atoms with Crippen LogP contribution >= 0.6 is 23.1 Å². The molecule has 1 saturated carbocycles. The molecule has 0 unspecified atom stereocenters. The van der Waals surface area contributed by atoms with Gasteiger partial charge in [-0.3, -0.25) is 4.79 Å². The van der Waals surface area contributed by atoms with Gasteiger partial charge in [0.25, 0.3) is 0 Å². The van der Waals surface area contributed by atoms with Gasteiger partial charge < -0.3 is 5.32 Å². The number of fused-ring (bicyclic) bond motifs is 3. The Morgan fingerprint density at radius 2 is 2.07 bits per heavy atom. The summed E-state index contributed by atoms with van der Waals surface area (Å²) in [5.41, 5.74) is 3.39. The molecule has 2 aliphatic rings. The fraction of sp³-hybridized carbons (Fsp3) is 0.435. The number of para-hydroxylation sites is 1. The lowest BCUT2D eigenvalue weighted by Gasteiger charge is -2.18. The third kappa shape index (κ3) is 3.92. The molecule has 5 rings (SSSR count). The Bertz CT molecular complexity index is 1090. The highest BCUT2D eigenvalue weighted by atomic mass is 32.2. The lowest BCUT2D eigenvalue weighted by Crippen LogP contribution is -2.15. The summed E-state index contributed by atoms with van der Waals surface area (Å²) >= 11 is 3.42. The van der Waals surface area contributed by atoms with Crippen molar-refractivity contribution >= 4 is 44.9 Å². The zero-order valence-electron chi connectivity index (χ0n) is 16.8. The number of aromatic nitrogens is 2. The predicted molar refractivity (Wildman–Crippen MR) is 121 cm³/mol. The molecule has 0 aliphatic heterocycles. The number of nitrogens with zero attached hydrogens (tertiary/aromatic N) is 2. The first-order valence-electron chi connectivity index (χ1n) is 10.4. The summed E-state index contributed by atoms with van der Waals surface area (Å²) in [6.45, 7) is 4.34. The molecule has 0 radical (unpaired) electrons. The fourth-order valence-electron chi connectivity index (χ4n) is 3.99. The van der Waals surface area contributed by atoms with Crippen LogP contribution in [0.15, 0.2) is 29.3 Å². The van der Waals surface area contributed by atoms with Crippen molar-refractivity contribution in [3.8, 4) is 0 Å². The average molecular weight is 424 g/mol. The number of thioether (sulfide) groups is 1. The third-order valence-corrected chi connectivity index (χ3v) is 7.96. The van der Waals surface area contributed by atoms with Crippen LogP contribution in [0.3, 0.4) is 0 Å². The summed E-state index contributed by atoms with van der Waals surface area (Å²) in [7, 11) is 0. The Labute approximate surface area is 179 Å². The highest BCUT2D eigenvalue weighted by Gasteiger charge is 2.30. The van der Waals surface area contributed by atoms with E-state index in [0.717, 1.165) is 45.7 Å². The van der Waals surface area contributed by atoms with E-state index < -0.39 is 0 Å². The molecule has 0 bridgehead atoms. The van der Waals surface area contributed by atoms with Crippen LogP contribution in [0.2, 0.25) is 0 Å². The number of rotatable bonds is 5. The first-order valence-corrected chi connectivity index (χ1v) is 12.2. The number of amides is 1. The minimum atomic E-state index is 0.0155. The summed E-state index contributed by atoms with van der Waals surface area (Å²) in [5, 5.41) is 5.26. The topological polar surface area (TPSA) is 54.9 Å². The van der Waals surface area contributed by atoms with E-state index in [9.17, 15) is 4.79 Å². The van der Waals surface area contributed by atoms with Crippen LogP contribution in [-0.2, 0) is 17.6 Å². The zero-order chi connectivity index (χ0) is 20.0. The summed E-state index contributed by atoms with van der Waals surface area (Å²) < 4.78 is 0. The van der Waals surface area contributed by atoms with Crippen LogP contribution in [0.4, 0.5) is 5.69 Å². The van der Waals surface area contributed by atoms with Gasteiger partial charge in [0.15, 0.2) is 0 Å². The second-order valence-corrected chi connectivity index (χ2v) is 10.4. The second-order valence-electron chi connectivity index (χ2n) is 8.34. The molecule has 0 spiro atoms. The number of carbonyl (C=O) groups excluding carboxylic acids is 1. The van der Waals surface area contributed by atoms with Gasteiger partial charge in [-0.2, -0.15) is 0 Å². The van der Waals surface area contributed by atoms with Crippen molar-refractivity contribution in [3.05, 3.63) is 46.1 Å². The SMILES string of the molecule is Cc1ccccc1NC(=O)CSc1nc(C2CC2)nc2sc3c(c12)CC[C@@H](C)C3. The molecule has 3 aromatic rings. The van der Waals surface area contributed by atoms with Gasteiger partial charge in [-0.05, 0) is 62.1 Å². The van der Waals surface area contributed by atoms with E-state index in [4.69, 9.17) is 9.97 Å². The van der Waals surface area contributed by atoms with Gasteiger partial charge in [-0.1, -0.05) is 36.9 Å². The molecule has 2 heterocycles. The fourth-order valence-corrected chi connectivity index (χ4v) is 6.30. The number of thiophene rings is 1. The molecule has 0 saturated heterocycles. The maximum Gasteiger partial charge on any atom is 0.234 e. The molecule has 1 atom stereocenters. The Balaban J connectivity index is 1.42. The van der Waals surface area contributed by atoms with Crippen LogP contribution in [0.25, 0.3) is 10.2 Å². The largest absolute Gasteiger partial charge is 0.325 e. The van der Waals surface area contributed by atoms with Crippen molar-refractivity contribution in [2.45, 2.75) is 56.9 Å². The van der Waals surface area contributed by atoms with E-state index in [-0.39, 0.29) is 5.91 Å². The van der Waals surface area contributed by atoms with Crippen LogP contribution < -0.4 is 5.32 Å². The third-order valence-electron chi connectivity index (χ3n) is 5.84. The molecule has 1 aromatic carbocycles. The standard InChI is InChI=1S/C23H25N3OS2/c1-13-7-10-16-18(11-13)29-23-20(16)22(25-21(26-23)15-8-9-15)28-12-19(27)24-17-6-4-3-5-14(17)2/h3-6,13,15H,7-12H2,1-2H3,(H,24,27)/t13-/m1/s1. The molecule has 29 heavy (non-hydrogen) atoms. The van der Waals surface area contributed by atoms with Crippen LogP contribution in [0.5, 0.6) is 0 Å². The minimum absolute atomic E-state index is 0.0155. The second kappa shape index (κ2) is 7.73. The molecule has 2 aliphatic carbocycles. The van der Waals surface area contributed by atoms with Crippen LogP contribution in [0.1, 0.15) is 53.9 Å². The van der Waals surface area contributed by atoms with Crippen LogP contribution in [-0.4, -0.2) is 21.6 Å². The van der Waals surface area contributed by atoms with Gasteiger partial charge in [0.1, 0.15) is 15.7 Å². The Morgan fingerprint density at radius 1 is 1.24 bits per heavy atom. The Morgan fingerprint density at radius 3 is 2.86 bits per heavy atom. The monoisotopic (exact) mass is 423 g/mol. The molecular weight excluding hydrogens is 398 g/mol. The van der Waals surface area contributed by atoms with E-state index in [0.29, 0.717) is 11.7 Å². The predicted octanol–water partition coefficient (Wildman–Crippen LogP) is 5.73. The van der Waals surface area contributed by atoms with E-state index in [1.54, 1.807) is 11.8 Å². The van der Waals surface area contributed by atoms with Crippen molar-refractivity contribution in [1.29, 1.82) is 0 Å². The summed E-state index contributed by atoms with van der Waals surface area (Å²) in [4.78, 5) is 25.1. The normalized spacial score (nSPS) is 18.6. The molecule has 1 N–H and O–H groups in total. The smallest absolute Gasteiger partial charge is 0.234 e. The maximum absolute atomic E-state index is 12.6. The van der Waals surface area contributed by atoms with E-state index >= 15 is 0 Å². The molecule has 1 fully saturated rings. The van der Waals surface area contributed by atoms with Gasteiger partial charge in [0.05, 0.1) is 5.75 Å². The molecule has 6 heteroatoms. The lowest BCUT2D eigenvalue weighted by atomic mass is 9.89. The molecular formula is C23H25N3OS2. The van der Waals surface area contributed by atoms with Gasteiger partial charge >= 0.3 is 0 Å². The van der Waals surface area contributed by atoms with E-state index in [1.807, 2.05) is 42.5 Å². The highest BCUT2D eigenvalue weighted by molar-refractivity contribution is 8.00. The van der Waals surface area contributed by atoms with Crippen molar-refractivity contribution in [2.75, 3.05) is 11.1 Å². The number of anilines is 1. The Kier molecular flexibility index (Phi) is 5.08. The zero-order valence-corrected chi connectivity index (χ0v) is 18.5. The van der Waals surface area contributed by atoms with Crippen molar-refractivity contribution in [2.24, 2.45) is 5.92 Å². The first-order chi connectivity index (χ1) is 14.1. The van der Waals surface area contributed by atoms with Gasteiger partial charge in [-0.25, -0.2) is 9.97 Å². The summed E-state index contributed by atoms with van der Waals surface area (Å²) in [6.07, 6.45) is 5.84. The number of hydrogen-bond acceptors (Lipinski definition) is 5. The van der Waals surface area contributed by atoms with Gasteiger partial charge in [0.2, 0.25) is 5.91 Å². The van der Waals surface area contributed by atoms with E-state index in [1.165, 1.54) is 35.1 Å². The van der Waals surface area contributed by atoms with Crippen molar-refractivity contribution < 1.29 is 4.79 Å². The average Bonchev–Trinajstić information content (AvgIpc) is 3.48. The first kappa shape index (κ1) is 19.1. The quantitative estimate of drug-likeness (QED) is 0.420. The summed E-state index contributed by atoms with van der Waals surface area (Å²) in [5.74, 6) is 2.61. The van der Waals surface area contributed by atoms with Gasteiger partial charge in [-0.15, -0.1) is 11.3 Å². The molecule has 1 amide bonds. The number of carbonyl (C=O) groups is 1. The number of aryl methyl sites for hydroxylation is 2.